The van der Waals surface area contributed by atoms with Crippen molar-refractivity contribution >= 4 is 11.7 Å². The van der Waals surface area contributed by atoms with Gasteiger partial charge in [0.1, 0.15) is 12.1 Å². The van der Waals surface area contributed by atoms with E-state index in [0.29, 0.717) is 18.3 Å². The molecule has 2 N–H and O–H groups in total. The molecule has 0 aliphatic heterocycles. The smallest absolute Gasteiger partial charge is 0.239 e. The molecule has 0 bridgehead atoms. The van der Waals surface area contributed by atoms with Gasteiger partial charge in [-0.2, -0.15) is 0 Å². The maximum Gasteiger partial charge on any atom is 0.239 e. The van der Waals surface area contributed by atoms with Crippen LogP contribution in [0.5, 0.6) is 5.88 Å². The third kappa shape index (κ3) is 5.11. The molecule has 1 aromatic rings. The van der Waals surface area contributed by atoms with Crippen LogP contribution < -0.4 is 15.4 Å². The van der Waals surface area contributed by atoms with Gasteiger partial charge in [-0.05, 0) is 34.6 Å². The summed E-state index contributed by atoms with van der Waals surface area (Å²) in [7, 11) is 0. The monoisotopic (exact) mass is 266 g/mol. The normalized spacial score (nSPS) is 11.0. The number of amides is 1. The predicted molar refractivity (Wildman–Crippen MR) is 74.3 cm³/mol. The second-order valence-electron chi connectivity index (χ2n) is 5.24. The number of nitrogens with one attached hydrogen (secondary N) is 2. The van der Waals surface area contributed by atoms with E-state index in [-0.39, 0.29) is 18.0 Å². The van der Waals surface area contributed by atoms with Crippen molar-refractivity contribution in [3.05, 3.63) is 11.9 Å². The van der Waals surface area contributed by atoms with Gasteiger partial charge in [0, 0.05) is 5.54 Å². The Labute approximate surface area is 114 Å². The number of hydrogen-bond acceptors (Lipinski definition) is 5. The Kier molecular flexibility index (Phi) is 5.09. The maximum absolute atomic E-state index is 11.7. The summed E-state index contributed by atoms with van der Waals surface area (Å²) in [5, 5.41) is 5.86. The minimum atomic E-state index is -0.240. The number of ether oxygens (including phenoxy) is 1. The van der Waals surface area contributed by atoms with E-state index >= 15 is 0 Å². The minimum absolute atomic E-state index is 0.0801. The summed E-state index contributed by atoms with van der Waals surface area (Å²) in [4.78, 5) is 19.9. The largest absolute Gasteiger partial charge is 0.478 e. The highest BCUT2D eigenvalue weighted by Gasteiger charge is 2.14. The first-order valence-corrected chi connectivity index (χ1v) is 6.32. The topological polar surface area (TPSA) is 76.1 Å². The molecule has 1 heterocycles. The Balaban J connectivity index is 2.63. The maximum atomic E-state index is 11.7. The molecule has 6 heteroatoms. The van der Waals surface area contributed by atoms with Gasteiger partial charge in [-0.3, -0.25) is 4.79 Å². The molecule has 0 fully saturated rings. The number of carbonyl (C=O) groups excluding carboxylic acids is 1. The molecular weight excluding hydrogens is 244 g/mol. The molecule has 0 radical (unpaired) electrons. The zero-order valence-electron chi connectivity index (χ0n) is 12.2. The van der Waals surface area contributed by atoms with Crippen LogP contribution in [0.3, 0.4) is 0 Å². The fourth-order valence-electron chi connectivity index (χ4n) is 1.52. The van der Waals surface area contributed by atoms with Crippen molar-refractivity contribution in [3.8, 4) is 5.88 Å². The number of aromatic nitrogens is 2. The Hall–Kier alpha value is -1.85. The van der Waals surface area contributed by atoms with Gasteiger partial charge in [-0.1, -0.05) is 0 Å². The molecule has 1 amide bonds. The second-order valence-corrected chi connectivity index (χ2v) is 5.24. The van der Waals surface area contributed by atoms with Crippen LogP contribution in [0.1, 0.15) is 33.3 Å². The first kappa shape index (κ1) is 15.2. The molecule has 0 spiro atoms. The molecule has 0 saturated heterocycles. The highest BCUT2D eigenvalue weighted by molar-refractivity contribution is 5.81. The van der Waals surface area contributed by atoms with E-state index in [9.17, 15) is 4.79 Å². The van der Waals surface area contributed by atoms with E-state index in [4.69, 9.17) is 4.74 Å². The zero-order valence-corrected chi connectivity index (χ0v) is 12.2. The predicted octanol–water partition coefficient (Wildman–Crippen LogP) is 1.51. The molecular formula is C13H22N4O2. The van der Waals surface area contributed by atoms with Gasteiger partial charge in [-0.25, -0.2) is 9.97 Å². The fraction of sp³-hybridized carbons (Fsp3) is 0.615. The number of carbonyl (C=O) groups is 1. The molecule has 106 valence electrons. The fourth-order valence-corrected chi connectivity index (χ4v) is 1.52. The molecule has 0 aliphatic carbocycles. The molecule has 0 aromatic carbocycles. The van der Waals surface area contributed by atoms with Crippen molar-refractivity contribution in [1.82, 2.24) is 15.3 Å². The van der Waals surface area contributed by atoms with E-state index in [1.165, 1.54) is 6.33 Å². The van der Waals surface area contributed by atoms with Gasteiger partial charge in [0.05, 0.1) is 18.7 Å². The average Bonchev–Trinajstić information content (AvgIpc) is 2.28. The number of nitrogens with zero attached hydrogens (tertiary/aromatic N) is 2. The van der Waals surface area contributed by atoms with Gasteiger partial charge in [0.15, 0.2) is 0 Å². The summed E-state index contributed by atoms with van der Waals surface area (Å²) in [6.45, 7) is 10.3. The quantitative estimate of drug-likeness (QED) is 0.845. The van der Waals surface area contributed by atoms with Gasteiger partial charge >= 0.3 is 0 Å². The van der Waals surface area contributed by atoms with E-state index in [0.717, 1.165) is 5.56 Å². The number of anilines is 1. The van der Waals surface area contributed by atoms with Crippen LogP contribution in [0.25, 0.3) is 0 Å². The molecule has 0 unspecified atom stereocenters. The lowest BCUT2D eigenvalue weighted by molar-refractivity contribution is -0.120. The van der Waals surface area contributed by atoms with Gasteiger partial charge in [-0.15, -0.1) is 0 Å². The summed E-state index contributed by atoms with van der Waals surface area (Å²) < 4.78 is 5.37. The molecule has 0 saturated carbocycles. The van der Waals surface area contributed by atoms with E-state index in [2.05, 4.69) is 20.6 Å². The van der Waals surface area contributed by atoms with Crippen molar-refractivity contribution < 1.29 is 9.53 Å². The third-order valence-electron chi connectivity index (χ3n) is 2.25. The van der Waals surface area contributed by atoms with Crippen molar-refractivity contribution in [2.24, 2.45) is 0 Å². The Morgan fingerprint density at radius 3 is 2.63 bits per heavy atom. The van der Waals surface area contributed by atoms with Crippen molar-refractivity contribution in [3.63, 3.8) is 0 Å². The molecule has 6 nitrogen and oxygen atoms in total. The number of hydrogen-bond donors (Lipinski definition) is 2. The third-order valence-corrected chi connectivity index (χ3v) is 2.25. The standard InChI is InChI=1S/C13H22N4O2/c1-6-19-12-9(2)11(15-8-16-12)14-7-10(18)17-13(3,4)5/h8H,6-7H2,1-5H3,(H,17,18)(H,14,15,16). The van der Waals surface area contributed by atoms with Gasteiger partial charge in [0.25, 0.3) is 0 Å². The molecule has 1 rings (SSSR count). The first-order chi connectivity index (χ1) is 8.83. The van der Waals surface area contributed by atoms with E-state index < -0.39 is 0 Å². The summed E-state index contributed by atoms with van der Waals surface area (Å²) in [6, 6.07) is 0. The Morgan fingerprint density at radius 1 is 1.37 bits per heavy atom. The van der Waals surface area contributed by atoms with Crippen LogP contribution in [-0.2, 0) is 4.79 Å². The minimum Gasteiger partial charge on any atom is -0.478 e. The molecule has 1 aromatic heterocycles. The molecule has 19 heavy (non-hydrogen) atoms. The van der Waals surface area contributed by atoms with Crippen LogP contribution in [0.15, 0.2) is 6.33 Å². The summed E-state index contributed by atoms with van der Waals surface area (Å²) in [5.74, 6) is 1.07. The lowest BCUT2D eigenvalue weighted by Gasteiger charge is -2.20. The van der Waals surface area contributed by atoms with Crippen LogP contribution in [0.2, 0.25) is 0 Å². The Bertz CT molecular complexity index is 441. The summed E-state index contributed by atoms with van der Waals surface area (Å²) >= 11 is 0. The highest BCUT2D eigenvalue weighted by atomic mass is 16.5. The SMILES string of the molecule is CCOc1ncnc(NCC(=O)NC(C)(C)C)c1C. The van der Waals surface area contributed by atoms with Crippen molar-refractivity contribution in [2.45, 2.75) is 40.2 Å². The lowest BCUT2D eigenvalue weighted by Crippen LogP contribution is -2.43. The number of rotatable bonds is 5. The van der Waals surface area contributed by atoms with Gasteiger partial charge < -0.3 is 15.4 Å². The van der Waals surface area contributed by atoms with E-state index in [1.54, 1.807) is 0 Å². The van der Waals surface area contributed by atoms with Crippen LogP contribution in [0.4, 0.5) is 5.82 Å². The van der Waals surface area contributed by atoms with Crippen molar-refractivity contribution in [1.29, 1.82) is 0 Å². The lowest BCUT2D eigenvalue weighted by atomic mass is 10.1. The first-order valence-electron chi connectivity index (χ1n) is 6.32. The van der Waals surface area contributed by atoms with Crippen LogP contribution >= 0.6 is 0 Å². The van der Waals surface area contributed by atoms with Gasteiger partial charge in [0.2, 0.25) is 11.8 Å². The van der Waals surface area contributed by atoms with Crippen molar-refractivity contribution in [2.75, 3.05) is 18.5 Å². The summed E-state index contributed by atoms with van der Waals surface area (Å²) in [6.07, 6.45) is 1.42. The van der Waals surface area contributed by atoms with Crippen LogP contribution in [0, 0.1) is 6.92 Å². The molecule has 0 aliphatic rings. The second kappa shape index (κ2) is 6.36. The summed E-state index contributed by atoms with van der Waals surface area (Å²) in [5.41, 5.74) is 0.559. The Morgan fingerprint density at radius 2 is 2.05 bits per heavy atom. The zero-order chi connectivity index (χ0) is 14.5. The van der Waals surface area contributed by atoms with Crippen LogP contribution in [-0.4, -0.2) is 34.6 Å². The average molecular weight is 266 g/mol. The highest BCUT2D eigenvalue weighted by Crippen LogP contribution is 2.19. The van der Waals surface area contributed by atoms with E-state index in [1.807, 2.05) is 34.6 Å². The molecule has 0 atom stereocenters.